The Labute approximate surface area is 177 Å². The SMILES string of the molecule is O=C(NCCS(=O)(=O)N1CCc2ccccc21)C(c1ccccc1)c1ccccc1. The van der Waals surface area contributed by atoms with Crippen LogP contribution in [-0.2, 0) is 21.2 Å². The molecule has 1 amide bonds. The van der Waals surface area contributed by atoms with Crippen LogP contribution in [0.4, 0.5) is 5.69 Å². The predicted octanol–water partition coefficient (Wildman–Crippen LogP) is 3.33. The molecule has 0 saturated carbocycles. The molecule has 1 heterocycles. The molecule has 154 valence electrons. The van der Waals surface area contributed by atoms with E-state index in [2.05, 4.69) is 5.32 Å². The number of nitrogens with one attached hydrogen (secondary N) is 1. The first kappa shape index (κ1) is 20.2. The summed E-state index contributed by atoms with van der Waals surface area (Å²) in [6, 6.07) is 26.6. The van der Waals surface area contributed by atoms with Gasteiger partial charge in [0.05, 0.1) is 17.4 Å². The molecule has 1 N–H and O–H groups in total. The molecule has 4 rings (SSSR count). The Hall–Kier alpha value is -3.12. The monoisotopic (exact) mass is 420 g/mol. The fourth-order valence-electron chi connectivity index (χ4n) is 3.90. The number of amides is 1. The number of anilines is 1. The third kappa shape index (κ3) is 4.24. The molecule has 0 saturated heterocycles. The van der Waals surface area contributed by atoms with Gasteiger partial charge in [-0.3, -0.25) is 9.10 Å². The van der Waals surface area contributed by atoms with Gasteiger partial charge >= 0.3 is 0 Å². The van der Waals surface area contributed by atoms with Gasteiger partial charge in [-0.05, 0) is 29.2 Å². The van der Waals surface area contributed by atoms with Crippen LogP contribution >= 0.6 is 0 Å². The fourth-order valence-corrected chi connectivity index (χ4v) is 5.33. The lowest BCUT2D eigenvalue weighted by molar-refractivity contribution is -0.121. The van der Waals surface area contributed by atoms with E-state index < -0.39 is 15.9 Å². The molecule has 0 aliphatic carbocycles. The highest BCUT2D eigenvalue weighted by Crippen LogP contribution is 2.30. The minimum absolute atomic E-state index is 0.0655. The molecule has 6 heteroatoms. The van der Waals surface area contributed by atoms with Crippen LogP contribution in [-0.4, -0.2) is 33.2 Å². The summed E-state index contributed by atoms with van der Waals surface area (Å²) >= 11 is 0. The number of rotatable bonds is 7. The third-order valence-corrected chi connectivity index (χ3v) is 7.14. The largest absolute Gasteiger partial charge is 0.354 e. The Bertz CT molecular complexity index is 1080. The van der Waals surface area contributed by atoms with E-state index in [9.17, 15) is 13.2 Å². The van der Waals surface area contributed by atoms with Gasteiger partial charge in [-0.25, -0.2) is 8.42 Å². The molecule has 5 nitrogen and oxygen atoms in total. The Morgan fingerprint density at radius 2 is 1.43 bits per heavy atom. The van der Waals surface area contributed by atoms with E-state index in [0.717, 1.165) is 22.4 Å². The average Bonchev–Trinajstić information content (AvgIpc) is 3.21. The van der Waals surface area contributed by atoms with E-state index >= 15 is 0 Å². The summed E-state index contributed by atoms with van der Waals surface area (Å²) in [5, 5.41) is 2.84. The molecule has 0 spiro atoms. The average molecular weight is 421 g/mol. The van der Waals surface area contributed by atoms with Crippen LogP contribution in [0.15, 0.2) is 84.9 Å². The van der Waals surface area contributed by atoms with Crippen molar-refractivity contribution in [2.24, 2.45) is 0 Å². The third-order valence-electron chi connectivity index (χ3n) is 5.37. The Morgan fingerprint density at radius 1 is 0.867 bits per heavy atom. The molecule has 30 heavy (non-hydrogen) atoms. The Balaban J connectivity index is 1.45. The Morgan fingerprint density at radius 3 is 2.07 bits per heavy atom. The molecule has 1 aliphatic rings. The molecule has 0 fully saturated rings. The zero-order chi connectivity index (χ0) is 21.0. The van der Waals surface area contributed by atoms with Crippen molar-refractivity contribution in [1.82, 2.24) is 5.32 Å². The highest BCUT2D eigenvalue weighted by atomic mass is 32.2. The smallest absolute Gasteiger partial charge is 0.236 e. The van der Waals surface area contributed by atoms with Gasteiger partial charge in [-0.15, -0.1) is 0 Å². The van der Waals surface area contributed by atoms with Gasteiger partial charge in [0, 0.05) is 13.1 Å². The van der Waals surface area contributed by atoms with Gasteiger partial charge < -0.3 is 5.32 Å². The van der Waals surface area contributed by atoms with Crippen molar-refractivity contribution in [2.75, 3.05) is 23.1 Å². The zero-order valence-electron chi connectivity index (χ0n) is 16.6. The molecular weight excluding hydrogens is 396 g/mol. The lowest BCUT2D eigenvalue weighted by Gasteiger charge is -2.21. The molecule has 0 atom stereocenters. The van der Waals surface area contributed by atoms with E-state index in [0.29, 0.717) is 13.0 Å². The van der Waals surface area contributed by atoms with Crippen molar-refractivity contribution in [3.8, 4) is 0 Å². The summed E-state index contributed by atoms with van der Waals surface area (Å²) in [5.74, 6) is -0.823. The second-order valence-corrected chi connectivity index (χ2v) is 9.33. The fraction of sp³-hybridized carbons (Fsp3) is 0.208. The summed E-state index contributed by atoms with van der Waals surface area (Å²) in [5.41, 5.74) is 3.53. The number of sulfonamides is 1. The maximum Gasteiger partial charge on any atom is 0.236 e. The van der Waals surface area contributed by atoms with Crippen LogP contribution in [0.3, 0.4) is 0 Å². The topological polar surface area (TPSA) is 66.5 Å². The van der Waals surface area contributed by atoms with Crippen molar-refractivity contribution >= 4 is 21.6 Å². The molecule has 1 aliphatic heterocycles. The quantitative estimate of drug-likeness (QED) is 0.638. The van der Waals surface area contributed by atoms with Gasteiger partial charge in [0.1, 0.15) is 0 Å². The second-order valence-electron chi connectivity index (χ2n) is 7.31. The summed E-state index contributed by atoms with van der Waals surface area (Å²) in [7, 11) is -3.51. The predicted molar refractivity (Wildman–Crippen MR) is 119 cm³/mol. The maximum absolute atomic E-state index is 13.0. The van der Waals surface area contributed by atoms with Crippen LogP contribution in [0.5, 0.6) is 0 Å². The highest BCUT2D eigenvalue weighted by molar-refractivity contribution is 7.92. The second kappa shape index (κ2) is 8.71. The highest BCUT2D eigenvalue weighted by Gasteiger charge is 2.29. The summed E-state index contributed by atoms with van der Waals surface area (Å²) in [6.45, 7) is 0.516. The summed E-state index contributed by atoms with van der Waals surface area (Å²) in [4.78, 5) is 13.0. The number of carbonyl (C=O) groups excluding carboxylic acids is 1. The molecule has 0 unspecified atom stereocenters. The van der Waals surface area contributed by atoms with Crippen molar-refractivity contribution in [3.05, 3.63) is 102 Å². The van der Waals surface area contributed by atoms with Crippen LogP contribution in [0, 0.1) is 0 Å². The van der Waals surface area contributed by atoms with Gasteiger partial charge in [0.2, 0.25) is 15.9 Å². The number of carbonyl (C=O) groups is 1. The number of para-hydroxylation sites is 1. The first-order valence-electron chi connectivity index (χ1n) is 10.0. The van der Waals surface area contributed by atoms with Crippen molar-refractivity contribution in [2.45, 2.75) is 12.3 Å². The number of nitrogens with zero attached hydrogens (tertiary/aromatic N) is 1. The van der Waals surface area contributed by atoms with E-state index in [4.69, 9.17) is 0 Å². The van der Waals surface area contributed by atoms with Crippen LogP contribution < -0.4 is 9.62 Å². The van der Waals surface area contributed by atoms with Crippen LogP contribution in [0.25, 0.3) is 0 Å². The molecule has 0 radical (unpaired) electrons. The van der Waals surface area contributed by atoms with Crippen LogP contribution in [0.1, 0.15) is 22.6 Å². The molecule has 3 aromatic carbocycles. The minimum atomic E-state index is -3.51. The van der Waals surface area contributed by atoms with Gasteiger partial charge in [-0.2, -0.15) is 0 Å². The molecule has 3 aromatic rings. The lowest BCUT2D eigenvalue weighted by atomic mass is 9.90. The minimum Gasteiger partial charge on any atom is -0.354 e. The van der Waals surface area contributed by atoms with E-state index in [1.165, 1.54) is 4.31 Å². The van der Waals surface area contributed by atoms with E-state index in [-0.39, 0.29) is 18.2 Å². The molecule has 0 aromatic heterocycles. The van der Waals surface area contributed by atoms with Crippen molar-refractivity contribution < 1.29 is 13.2 Å². The number of hydrogen-bond donors (Lipinski definition) is 1. The summed E-state index contributed by atoms with van der Waals surface area (Å²) < 4.78 is 27.2. The molecular formula is C24H24N2O3S. The number of benzene rings is 3. The Kier molecular flexibility index (Phi) is 5.86. The van der Waals surface area contributed by atoms with Crippen molar-refractivity contribution in [1.29, 1.82) is 0 Å². The van der Waals surface area contributed by atoms with Crippen LogP contribution in [0.2, 0.25) is 0 Å². The molecule has 0 bridgehead atoms. The standard InChI is InChI=1S/C24H24N2O3S/c27-24(23(20-10-3-1-4-11-20)21-12-5-2-6-13-21)25-16-18-30(28,29)26-17-15-19-9-7-8-14-22(19)26/h1-14,23H,15-18H2,(H,25,27). The first-order chi connectivity index (χ1) is 14.6. The lowest BCUT2D eigenvalue weighted by Crippen LogP contribution is -2.38. The van der Waals surface area contributed by atoms with Crippen molar-refractivity contribution in [3.63, 3.8) is 0 Å². The normalized spacial score (nSPS) is 13.3. The first-order valence-corrected chi connectivity index (χ1v) is 11.6. The van der Waals surface area contributed by atoms with E-state index in [1.807, 2.05) is 84.9 Å². The maximum atomic E-state index is 13.0. The van der Waals surface area contributed by atoms with Gasteiger partial charge in [0.25, 0.3) is 0 Å². The zero-order valence-corrected chi connectivity index (χ0v) is 17.4. The number of hydrogen-bond acceptors (Lipinski definition) is 3. The van der Waals surface area contributed by atoms with Gasteiger partial charge in [0.15, 0.2) is 0 Å². The van der Waals surface area contributed by atoms with Gasteiger partial charge in [-0.1, -0.05) is 78.9 Å². The number of fused-ring (bicyclic) bond motifs is 1. The van der Waals surface area contributed by atoms with E-state index in [1.54, 1.807) is 0 Å². The summed E-state index contributed by atoms with van der Waals surface area (Å²) in [6.07, 6.45) is 0.714.